The van der Waals surface area contributed by atoms with E-state index in [4.69, 9.17) is 0 Å². The second-order valence-corrected chi connectivity index (χ2v) is 5.21. The van der Waals surface area contributed by atoms with Crippen molar-refractivity contribution in [3.63, 3.8) is 0 Å². The van der Waals surface area contributed by atoms with Gasteiger partial charge in [-0.05, 0) is 23.8 Å². The number of nitrogens with zero attached hydrogens (tertiary/aromatic N) is 1. The van der Waals surface area contributed by atoms with E-state index in [0.29, 0.717) is 10.9 Å². The second kappa shape index (κ2) is 5.93. The van der Waals surface area contributed by atoms with Crippen molar-refractivity contribution in [3.8, 4) is 5.75 Å². The molecule has 0 aliphatic rings. The first-order valence-electron chi connectivity index (χ1n) is 7.17. The highest BCUT2D eigenvalue weighted by Gasteiger charge is 2.18. The number of benzene rings is 2. The van der Waals surface area contributed by atoms with Gasteiger partial charge in [0.25, 0.3) is 5.56 Å². The Bertz CT molecular complexity index is 969. The maximum Gasteiger partial charge on any atom is 0.265 e. The molecule has 1 N–H and O–H groups in total. The molecule has 3 aromatic rings. The van der Waals surface area contributed by atoms with Crippen LogP contribution in [0.4, 0.5) is 0 Å². The lowest BCUT2D eigenvalue weighted by Gasteiger charge is -2.09. The van der Waals surface area contributed by atoms with Gasteiger partial charge >= 0.3 is 0 Å². The van der Waals surface area contributed by atoms with Crippen LogP contribution in [0.25, 0.3) is 17.0 Å². The predicted molar refractivity (Wildman–Crippen MR) is 90.7 cm³/mol. The Morgan fingerprint density at radius 2 is 1.70 bits per heavy atom. The minimum absolute atomic E-state index is 0.210. The van der Waals surface area contributed by atoms with Crippen LogP contribution in [0.1, 0.15) is 15.9 Å². The van der Waals surface area contributed by atoms with Gasteiger partial charge in [0, 0.05) is 12.4 Å². The van der Waals surface area contributed by atoms with Crippen LogP contribution in [0.5, 0.6) is 5.75 Å². The number of hydrogen-bond donors (Lipinski definition) is 1. The average Bonchev–Trinajstić information content (AvgIpc) is 2.59. The largest absolute Gasteiger partial charge is 0.506 e. The van der Waals surface area contributed by atoms with Crippen LogP contribution in [0.3, 0.4) is 0 Å². The van der Waals surface area contributed by atoms with E-state index in [0.717, 1.165) is 5.56 Å². The quantitative estimate of drug-likeness (QED) is 0.597. The summed E-state index contributed by atoms with van der Waals surface area (Å²) in [4.78, 5) is 24.8. The van der Waals surface area contributed by atoms with Crippen molar-refractivity contribution in [2.75, 3.05) is 0 Å². The van der Waals surface area contributed by atoms with Crippen LogP contribution >= 0.6 is 0 Å². The number of aromatic nitrogens is 1. The molecule has 0 saturated heterocycles. The molecule has 4 nitrogen and oxygen atoms in total. The zero-order valence-electron chi connectivity index (χ0n) is 12.6. The van der Waals surface area contributed by atoms with E-state index in [9.17, 15) is 14.7 Å². The lowest BCUT2D eigenvalue weighted by atomic mass is 10.1. The number of allylic oxidation sites excluding steroid dienone is 1. The van der Waals surface area contributed by atoms with E-state index in [-0.39, 0.29) is 11.3 Å². The molecule has 0 bridgehead atoms. The Hall–Kier alpha value is -3.14. The summed E-state index contributed by atoms with van der Waals surface area (Å²) < 4.78 is 1.37. The number of carbonyl (C=O) groups is 1. The maximum atomic E-state index is 12.4. The van der Waals surface area contributed by atoms with Gasteiger partial charge in [-0.3, -0.25) is 9.59 Å². The molecule has 0 atom stereocenters. The third-order valence-electron chi connectivity index (χ3n) is 3.75. The van der Waals surface area contributed by atoms with Crippen LogP contribution in [-0.4, -0.2) is 15.5 Å². The zero-order valence-corrected chi connectivity index (χ0v) is 12.6. The fraction of sp³-hybridized carbons (Fsp3) is 0.0526. The van der Waals surface area contributed by atoms with E-state index in [1.54, 1.807) is 37.4 Å². The molecule has 0 radical (unpaired) electrons. The second-order valence-electron chi connectivity index (χ2n) is 5.21. The van der Waals surface area contributed by atoms with Gasteiger partial charge < -0.3 is 9.67 Å². The maximum absolute atomic E-state index is 12.4. The van der Waals surface area contributed by atoms with Crippen molar-refractivity contribution in [2.24, 2.45) is 7.05 Å². The summed E-state index contributed by atoms with van der Waals surface area (Å²) in [6, 6.07) is 16.2. The summed E-state index contributed by atoms with van der Waals surface area (Å²) in [6.07, 6.45) is 2.93. The monoisotopic (exact) mass is 305 g/mol. The number of rotatable bonds is 3. The molecule has 3 rings (SSSR count). The molecule has 1 aromatic heterocycles. The fourth-order valence-corrected chi connectivity index (χ4v) is 2.52. The zero-order chi connectivity index (χ0) is 16.4. The van der Waals surface area contributed by atoms with Crippen molar-refractivity contribution in [3.05, 3.63) is 82.2 Å². The summed E-state index contributed by atoms with van der Waals surface area (Å²) in [5.41, 5.74) is 0.707. The number of hydrogen-bond acceptors (Lipinski definition) is 3. The van der Waals surface area contributed by atoms with E-state index < -0.39 is 11.3 Å². The molecule has 2 aromatic carbocycles. The van der Waals surface area contributed by atoms with Crippen LogP contribution in [-0.2, 0) is 7.05 Å². The molecular weight excluding hydrogens is 290 g/mol. The third-order valence-corrected chi connectivity index (χ3v) is 3.75. The van der Waals surface area contributed by atoms with Gasteiger partial charge in [-0.25, -0.2) is 0 Å². The molecule has 114 valence electrons. The highest BCUT2D eigenvalue weighted by molar-refractivity contribution is 6.11. The van der Waals surface area contributed by atoms with Gasteiger partial charge in [0.1, 0.15) is 11.3 Å². The van der Waals surface area contributed by atoms with Crippen LogP contribution in [0.15, 0.2) is 65.5 Å². The van der Waals surface area contributed by atoms with Gasteiger partial charge in [-0.15, -0.1) is 0 Å². The molecular formula is C19H15NO3. The van der Waals surface area contributed by atoms with Crippen LogP contribution < -0.4 is 5.56 Å². The Balaban J connectivity index is 2.11. The fourth-order valence-electron chi connectivity index (χ4n) is 2.52. The predicted octanol–water partition coefficient (Wildman–Crippen LogP) is 3.14. The first-order chi connectivity index (χ1) is 11.1. The van der Waals surface area contributed by atoms with Crippen molar-refractivity contribution >= 4 is 22.8 Å². The summed E-state index contributed by atoms with van der Waals surface area (Å²) in [5, 5.41) is 10.8. The number of para-hydroxylation sites is 1. The molecule has 4 heteroatoms. The molecule has 0 aliphatic carbocycles. The smallest absolute Gasteiger partial charge is 0.265 e. The molecule has 1 heterocycles. The number of ketones is 1. The van der Waals surface area contributed by atoms with Crippen LogP contribution in [0.2, 0.25) is 0 Å². The van der Waals surface area contributed by atoms with E-state index >= 15 is 0 Å². The standard InChI is InChI=1S/C19H15NO3/c1-20-15-10-6-5-9-14(15)18(22)17(19(20)23)16(21)12-11-13-7-3-2-4-8-13/h2-12,22H,1H3/b12-11+. The normalized spacial score (nSPS) is 11.2. The lowest BCUT2D eigenvalue weighted by Crippen LogP contribution is -2.24. The topological polar surface area (TPSA) is 59.3 Å². The van der Waals surface area contributed by atoms with Crippen molar-refractivity contribution < 1.29 is 9.90 Å². The minimum atomic E-state index is -0.516. The van der Waals surface area contributed by atoms with Gasteiger partial charge in [0.15, 0.2) is 5.78 Å². The van der Waals surface area contributed by atoms with Gasteiger partial charge in [-0.2, -0.15) is 0 Å². The van der Waals surface area contributed by atoms with E-state index in [1.807, 2.05) is 30.3 Å². The van der Waals surface area contributed by atoms with Crippen LogP contribution in [0, 0.1) is 0 Å². The Morgan fingerprint density at radius 3 is 2.43 bits per heavy atom. The minimum Gasteiger partial charge on any atom is -0.506 e. The Morgan fingerprint density at radius 1 is 1.04 bits per heavy atom. The highest BCUT2D eigenvalue weighted by Crippen LogP contribution is 2.26. The summed E-state index contributed by atoms with van der Waals surface area (Å²) in [6.45, 7) is 0. The number of aryl methyl sites for hydroxylation is 1. The van der Waals surface area contributed by atoms with E-state index in [2.05, 4.69) is 0 Å². The van der Waals surface area contributed by atoms with Crippen molar-refractivity contribution in [1.29, 1.82) is 0 Å². The number of fused-ring (bicyclic) bond motifs is 1. The number of aromatic hydroxyl groups is 1. The average molecular weight is 305 g/mol. The number of pyridine rings is 1. The first-order valence-corrected chi connectivity index (χ1v) is 7.17. The molecule has 23 heavy (non-hydrogen) atoms. The first kappa shape index (κ1) is 14.8. The van der Waals surface area contributed by atoms with Gasteiger partial charge in [0.2, 0.25) is 0 Å². The van der Waals surface area contributed by atoms with E-state index in [1.165, 1.54) is 10.6 Å². The summed E-state index contributed by atoms with van der Waals surface area (Å²) in [5.74, 6) is -0.788. The molecule has 0 spiro atoms. The lowest BCUT2D eigenvalue weighted by molar-refractivity contribution is 0.104. The third kappa shape index (κ3) is 2.66. The van der Waals surface area contributed by atoms with Gasteiger partial charge in [0.05, 0.1) is 5.52 Å². The van der Waals surface area contributed by atoms with Crippen molar-refractivity contribution in [2.45, 2.75) is 0 Å². The molecule has 0 unspecified atom stereocenters. The van der Waals surface area contributed by atoms with Crippen molar-refractivity contribution in [1.82, 2.24) is 4.57 Å². The summed E-state index contributed by atoms with van der Waals surface area (Å²) in [7, 11) is 1.59. The summed E-state index contributed by atoms with van der Waals surface area (Å²) >= 11 is 0. The number of carbonyl (C=O) groups excluding carboxylic acids is 1. The molecule has 0 saturated carbocycles. The Labute approximate surface area is 132 Å². The molecule has 0 aliphatic heterocycles. The molecule has 0 amide bonds. The van der Waals surface area contributed by atoms with Gasteiger partial charge in [-0.1, -0.05) is 48.5 Å². The highest BCUT2D eigenvalue weighted by atomic mass is 16.3. The SMILES string of the molecule is Cn1c(=O)c(C(=O)/C=C/c2ccccc2)c(O)c2ccccc21. The Kier molecular flexibility index (Phi) is 3.81. The molecule has 0 fully saturated rings.